The number of carboxylic acid groups (broad SMARTS) is 1. The lowest BCUT2D eigenvalue weighted by molar-refractivity contribution is -0.139. The van der Waals surface area contributed by atoms with Gasteiger partial charge in [-0.05, 0) is 28.7 Å². The van der Waals surface area contributed by atoms with Gasteiger partial charge in [0.1, 0.15) is 18.3 Å². The maximum atomic E-state index is 12.3. The first-order valence-electron chi connectivity index (χ1n) is 11.6. The minimum absolute atomic E-state index is 0.00907. The molecule has 3 aromatic rings. The first kappa shape index (κ1) is 24.0. The van der Waals surface area contributed by atoms with Crippen molar-refractivity contribution in [1.29, 1.82) is 0 Å². The maximum Gasteiger partial charge on any atom is 0.407 e. The minimum Gasteiger partial charge on any atom is -0.480 e. The molecule has 0 fully saturated rings. The number of aromatic nitrogens is 2. The summed E-state index contributed by atoms with van der Waals surface area (Å²) in [5, 5.41) is 14.4. The molecule has 182 valence electrons. The van der Waals surface area contributed by atoms with E-state index in [1.165, 1.54) is 23.7 Å². The molecule has 0 aliphatic heterocycles. The number of hydrogen-bond donors (Lipinski definition) is 3. The fourth-order valence-corrected chi connectivity index (χ4v) is 4.31. The van der Waals surface area contributed by atoms with Crippen LogP contribution in [-0.2, 0) is 16.1 Å². The predicted molar refractivity (Wildman–Crippen MR) is 129 cm³/mol. The van der Waals surface area contributed by atoms with Crippen molar-refractivity contribution in [3.63, 3.8) is 0 Å². The number of nitrogens with zero attached hydrogens (tertiary/aromatic N) is 2. The summed E-state index contributed by atoms with van der Waals surface area (Å²) >= 11 is 0. The monoisotopic (exact) mass is 476 g/mol. The Morgan fingerprint density at radius 3 is 2.37 bits per heavy atom. The van der Waals surface area contributed by atoms with Crippen molar-refractivity contribution in [3.8, 4) is 11.1 Å². The molecular formula is C26H28N4O5. The van der Waals surface area contributed by atoms with E-state index in [1.807, 2.05) is 31.2 Å². The number of fused-ring (bicyclic) bond motifs is 3. The Hall–Kier alpha value is -4.14. The van der Waals surface area contributed by atoms with E-state index in [9.17, 15) is 19.5 Å². The first-order chi connectivity index (χ1) is 17.0. The highest BCUT2D eigenvalue weighted by atomic mass is 16.5. The molecule has 0 unspecified atom stereocenters. The Labute approximate surface area is 203 Å². The van der Waals surface area contributed by atoms with Crippen LogP contribution < -0.4 is 10.6 Å². The summed E-state index contributed by atoms with van der Waals surface area (Å²) in [6, 6.07) is 15.3. The largest absolute Gasteiger partial charge is 0.480 e. The highest BCUT2D eigenvalue weighted by Gasteiger charge is 2.29. The van der Waals surface area contributed by atoms with Gasteiger partial charge < -0.3 is 25.0 Å². The van der Waals surface area contributed by atoms with Gasteiger partial charge in [0, 0.05) is 25.2 Å². The van der Waals surface area contributed by atoms with Gasteiger partial charge in [-0.25, -0.2) is 14.6 Å². The van der Waals surface area contributed by atoms with Crippen LogP contribution >= 0.6 is 0 Å². The Balaban J connectivity index is 1.25. The molecule has 0 spiro atoms. The number of amides is 2. The Kier molecular flexibility index (Phi) is 7.45. The lowest BCUT2D eigenvalue weighted by atomic mass is 9.98. The third kappa shape index (κ3) is 5.51. The smallest absolute Gasteiger partial charge is 0.407 e. The molecule has 9 heteroatoms. The van der Waals surface area contributed by atoms with Crippen molar-refractivity contribution >= 4 is 18.0 Å². The van der Waals surface area contributed by atoms with Gasteiger partial charge in [-0.2, -0.15) is 0 Å². The van der Waals surface area contributed by atoms with Crippen molar-refractivity contribution in [3.05, 3.63) is 77.9 Å². The summed E-state index contributed by atoms with van der Waals surface area (Å²) in [5.74, 6) is -1.63. The van der Waals surface area contributed by atoms with Crippen LogP contribution in [0.15, 0.2) is 61.1 Å². The van der Waals surface area contributed by atoms with Crippen molar-refractivity contribution < 1.29 is 24.2 Å². The van der Waals surface area contributed by atoms with Crippen LogP contribution in [-0.4, -0.2) is 51.8 Å². The second-order valence-corrected chi connectivity index (χ2v) is 8.40. The number of ether oxygens (including phenoxy) is 1. The van der Waals surface area contributed by atoms with Crippen molar-refractivity contribution in [2.45, 2.75) is 38.3 Å². The number of alkyl carbamates (subject to hydrolysis) is 1. The van der Waals surface area contributed by atoms with E-state index in [2.05, 4.69) is 39.9 Å². The Morgan fingerprint density at radius 2 is 1.74 bits per heavy atom. The van der Waals surface area contributed by atoms with E-state index >= 15 is 0 Å². The highest BCUT2D eigenvalue weighted by Crippen LogP contribution is 2.44. The average Bonchev–Trinajstić information content (AvgIpc) is 3.45. The molecule has 0 saturated carbocycles. The number of hydrogen-bond acceptors (Lipinski definition) is 5. The number of rotatable bonds is 10. The molecule has 0 saturated heterocycles. The zero-order chi connectivity index (χ0) is 24.8. The molecule has 9 nitrogen and oxygen atoms in total. The maximum absolute atomic E-state index is 12.3. The Morgan fingerprint density at radius 1 is 1.09 bits per heavy atom. The molecule has 2 amide bonds. The molecule has 1 atom stereocenters. The first-order valence-corrected chi connectivity index (χ1v) is 11.6. The van der Waals surface area contributed by atoms with Crippen molar-refractivity contribution in [1.82, 2.24) is 20.2 Å². The van der Waals surface area contributed by atoms with Crippen LogP contribution in [0.5, 0.6) is 0 Å². The van der Waals surface area contributed by atoms with Gasteiger partial charge in [0.05, 0.1) is 6.33 Å². The highest BCUT2D eigenvalue weighted by molar-refractivity contribution is 5.94. The van der Waals surface area contributed by atoms with Gasteiger partial charge in [-0.15, -0.1) is 0 Å². The van der Waals surface area contributed by atoms with E-state index in [4.69, 9.17) is 4.74 Å². The van der Waals surface area contributed by atoms with Crippen LogP contribution in [0.25, 0.3) is 11.1 Å². The lowest BCUT2D eigenvalue weighted by Crippen LogP contribution is -2.40. The second kappa shape index (κ2) is 10.9. The molecule has 4 rings (SSSR count). The predicted octanol–water partition coefficient (Wildman–Crippen LogP) is 3.40. The number of carboxylic acids is 1. The van der Waals surface area contributed by atoms with Crippen LogP contribution in [0.3, 0.4) is 0 Å². The summed E-state index contributed by atoms with van der Waals surface area (Å²) in [5.41, 5.74) is 4.75. The number of nitrogens with one attached hydrogen (secondary N) is 2. The van der Waals surface area contributed by atoms with Gasteiger partial charge in [-0.3, -0.25) is 4.79 Å². The molecule has 1 aromatic heterocycles. The van der Waals surface area contributed by atoms with Crippen LogP contribution in [0.1, 0.15) is 47.3 Å². The number of carbonyl (C=O) groups excluding carboxylic acids is 2. The van der Waals surface area contributed by atoms with Crippen molar-refractivity contribution in [2.75, 3.05) is 13.2 Å². The van der Waals surface area contributed by atoms with E-state index in [0.717, 1.165) is 11.1 Å². The fraction of sp³-hybridized carbons (Fsp3) is 0.308. The number of benzene rings is 2. The lowest BCUT2D eigenvalue weighted by Gasteiger charge is -2.14. The number of imidazole rings is 1. The zero-order valence-corrected chi connectivity index (χ0v) is 19.4. The van der Waals surface area contributed by atoms with Gasteiger partial charge in [-0.1, -0.05) is 61.9 Å². The van der Waals surface area contributed by atoms with E-state index in [1.54, 1.807) is 4.57 Å². The summed E-state index contributed by atoms with van der Waals surface area (Å²) in [7, 11) is 0. The number of carbonyl (C=O) groups is 3. The minimum atomic E-state index is -1.08. The summed E-state index contributed by atoms with van der Waals surface area (Å²) in [4.78, 5) is 39.8. The average molecular weight is 477 g/mol. The summed E-state index contributed by atoms with van der Waals surface area (Å²) in [6.07, 6.45) is 3.43. The molecule has 2 aromatic carbocycles. The van der Waals surface area contributed by atoms with Gasteiger partial charge >= 0.3 is 12.1 Å². The van der Waals surface area contributed by atoms with Crippen LogP contribution in [0.4, 0.5) is 4.79 Å². The van der Waals surface area contributed by atoms with Gasteiger partial charge in [0.2, 0.25) is 0 Å². The summed E-state index contributed by atoms with van der Waals surface area (Å²) in [6.45, 7) is 2.74. The van der Waals surface area contributed by atoms with E-state index in [0.29, 0.717) is 19.4 Å². The van der Waals surface area contributed by atoms with Gasteiger partial charge in [0.25, 0.3) is 5.91 Å². The van der Waals surface area contributed by atoms with Crippen LogP contribution in [0, 0.1) is 0 Å². The quantitative estimate of drug-likeness (QED) is 0.412. The molecule has 1 aliphatic carbocycles. The molecule has 3 N–H and O–H groups in total. The third-order valence-corrected chi connectivity index (χ3v) is 6.03. The molecule has 1 heterocycles. The molecular weight excluding hydrogens is 448 g/mol. The van der Waals surface area contributed by atoms with Gasteiger partial charge in [0.15, 0.2) is 0 Å². The Bertz CT molecular complexity index is 1180. The molecule has 35 heavy (non-hydrogen) atoms. The van der Waals surface area contributed by atoms with Crippen LogP contribution in [0.2, 0.25) is 0 Å². The fourth-order valence-electron chi connectivity index (χ4n) is 4.31. The molecule has 1 aliphatic rings. The van der Waals surface area contributed by atoms with E-state index < -0.39 is 24.0 Å². The SMILES string of the molecule is CCC[C@H](NC(=O)c1cn(CCNC(=O)OCC2c3ccccc3-c3ccccc32)cn1)C(=O)O. The topological polar surface area (TPSA) is 123 Å². The van der Waals surface area contributed by atoms with Crippen molar-refractivity contribution in [2.24, 2.45) is 0 Å². The standard InChI is InChI=1S/C26H28N4O5/c1-2-7-22(25(32)33)29-24(31)23-14-30(16-28-23)13-12-27-26(34)35-15-21-19-10-5-3-8-17(19)18-9-4-6-11-20(18)21/h3-6,8-11,14,16,21-22H,2,7,12-13,15H2,1H3,(H,27,34)(H,29,31)(H,32,33)/t22-/m0/s1. The molecule has 0 bridgehead atoms. The van der Waals surface area contributed by atoms with E-state index in [-0.39, 0.29) is 24.8 Å². The second-order valence-electron chi connectivity index (χ2n) is 8.40. The normalized spacial score (nSPS) is 12.9. The zero-order valence-electron chi connectivity index (χ0n) is 19.4. The third-order valence-electron chi connectivity index (χ3n) is 6.03. The number of aliphatic carboxylic acids is 1. The molecule has 0 radical (unpaired) electrons. The summed E-state index contributed by atoms with van der Waals surface area (Å²) < 4.78 is 7.16.